The molecule has 88 valence electrons. The zero-order chi connectivity index (χ0) is 12.3. The van der Waals surface area contributed by atoms with E-state index in [1.807, 2.05) is 6.07 Å². The Morgan fingerprint density at radius 3 is 1.88 bits per heavy atom. The van der Waals surface area contributed by atoms with Gasteiger partial charge >= 0.3 is 0 Å². The van der Waals surface area contributed by atoms with Gasteiger partial charge in [0.25, 0.3) is 0 Å². The van der Waals surface area contributed by atoms with E-state index in [1.54, 1.807) is 0 Å². The van der Waals surface area contributed by atoms with Crippen molar-refractivity contribution in [3.63, 3.8) is 0 Å². The summed E-state index contributed by atoms with van der Waals surface area (Å²) in [6.07, 6.45) is 0. The lowest BCUT2D eigenvalue weighted by Gasteiger charge is -2.13. The minimum absolute atomic E-state index is 1.03. The first-order chi connectivity index (χ1) is 8.04. The van der Waals surface area contributed by atoms with Crippen LogP contribution in [0.5, 0.6) is 0 Å². The molecule has 0 fully saturated rings. The Morgan fingerprint density at radius 1 is 0.824 bits per heavy atom. The zero-order valence-corrected chi connectivity index (χ0v) is 12.0. The Labute approximate surface area is 109 Å². The van der Waals surface area contributed by atoms with Gasteiger partial charge in [-0.3, -0.25) is 0 Å². The molecule has 0 radical (unpaired) electrons. The maximum absolute atomic E-state index is 6.36. The van der Waals surface area contributed by atoms with Crippen molar-refractivity contribution in [3.8, 4) is 11.1 Å². The summed E-state index contributed by atoms with van der Waals surface area (Å²) in [7, 11) is -1.52. The van der Waals surface area contributed by atoms with E-state index >= 15 is 0 Å². The molecule has 0 aromatic heterocycles. The van der Waals surface area contributed by atoms with Gasteiger partial charge in [0.15, 0.2) is 7.38 Å². The molecular weight excluding hydrogens is 244 g/mol. The standard InChI is InChI=1S/C15H17ClSi/c1-17(2,16)12-13-8-10-15(11-9-13)14-6-4-3-5-7-14/h3-11H,12H2,1-2H3. The lowest BCUT2D eigenvalue weighted by Crippen LogP contribution is -2.20. The van der Waals surface area contributed by atoms with Crippen LogP contribution in [0.4, 0.5) is 0 Å². The third kappa shape index (κ3) is 3.72. The van der Waals surface area contributed by atoms with Gasteiger partial charge in [-0.25, -0.2) is 0 Å². The van der Waals surface area contributed by atoms with Crippen LogP contribution in [0.2, 0.25) is 13.1 Å². The molecule has 0 nitrogen and oxygen atoms in total. The second-order valence-corrected chi connectivity index (χ2v) is 11.8. The third-order valence-electron chi connectivity index (χ3n) is 2.69. The predicted octanol–water partition coefficient (Wildman–Crippen LogP) is 4.88. The number of rotatable bonds is 3. The highest BCUT2D eigenvalue weighted by atomic mass is 35.6. The minimum Gasteiger partial charge on any atom is -0.167 e. The first-order valence-corrected chi connectivity index (χ1v) is 10.1. The molecule has 0 saturated carbocycles. The van der Waals surface area contributed by atoms with E-state index in [0.29, 0.717) is 0 Å². The summed E-state index contributed by atoms with van der Waals surface area (Å²) >= 11 is 6.36. The largest absolute Gasteiger partial charge is 0.167 e. The number of hydrogen-bond acceptors (Lipinski definition) is 0. The van der Waals surface area contributed by atoms with Gasteiger partial charge in [0.1, 0.15) is 0 Å². The van der Waals surface area contributed by atoms with E-state index in [-0.39, 0.29) is 0 Å². The van der Waals surface area contributed by atoms with Gasteiger partial charge in [-0.1, -0.05) is 67.7 Å². The van der Waals surface area contributed by atoms with Gasteiger partial charge < -0.3 is 0 Å². The van der Waals surface area contributed by atoms with E-state index in [2.05, 4.69) is 61.6 Å². The molecule has 0 N–H and O–H groups in total. The quantitative estimate of drug-likeness (QED) is 0.545. The highest BCUT2D eigenvalue weighted by Gasteiger charge is 2.17. The molecule has 2 aromatic rings. The maximum atomic E-state index is 6.36. The normalized spacial score (nSPS) is 11.5. The second kappa shape index (κ2) is 5.07. The highest BCUT2D eigenvalue weighted by molar-refractivity contribution is 7.18. The van der Waals surface area contributed by atoms with E-state index < -0.39 is 7.38 Å². The fourth-order valence-corrected chi connectivity index (χ4v) is 3.60. The van der Waals surface area contributed by atoms with Crippen LogP contribution in [0.25, 0.3) is 11.1 Å². The van der Waals surface area contributed by atoms with Crippen molar-refractivity contribution in [2.24, 2.45) is 0 Å². The molecular formula is C15H17ClSi. The summed E-state index contributed by atoms with van der Waals surface area (Å²) in [5, 5.41) is 0. The smallest absolute Gasteiger partial charge is 0.154 e. The van der Waals surface area contributed by atoms with Crippen molar-refractivity contribution in [1.29, 1.82) is 0 Å². The summed E-state index contributed by atoms with van der Waals surface area (Å²) in [6.45, 7) is 4.36. The van der Waals surface area contributed by atoms with Crippen LogP contribution in [0.15, 0.2) is 54.6 Å². The fraction of sp³-hybridized carbons (Fsp3) is 0.200. The monoisotopic (exact) mass is 260 g/mol. The van der Waals surface area contributed by atoms with Gasteiger partial charge in [-0.05, 0) is 22.7 Å². The van der Waals surface area contributed by atoms with Crippen molar-refractivity contribution >= 4 is 18.5 Å². The first kappa shape index (κ1) is 12.4. The SMILES string of the molecule is C[Si](C)(Cl)Cc1ccc(-c2ccccc2)cc1. The molecule has 2 heteroatoms. The highest BCUT2D eigenvalue weighted by Crippen LogP contribution is 2.21. The predicted molar refractivity (Wildman–Crippen MR) is 78.9 cm³/mol. The van der Waals surface area contributed by atoms with Crippen LogP contribution in [0, 0.1) is 0 Å². The maximum Gasteiger partial charge on any atom is 0.154 e. The Hall–Kier alpha value is -1.05. The molecule has 17 heavy (non-hydrogen) atoms. The molecule has 0 aliphatic carbocycles. The van der Waals surface area contributed by atoms with E-state index in [1.165, 1.54) is 16.7 Å². The van der Waals surface area contributed by atoms with Crippen LogP contribution >= 0.6 is 11.1 Å². The van der Waals surface area contributed by atoms with Crippen LogP contribution in [-0.4, -0.2) is 7.38 Å². The summed E-state index contributed by atoms with van der Waals surface area (Å²) < 4.78 is 0. The Kier molecular flexibility index (Phi) is 3.70. The Morgan fingerprint density at radius 2 is 1.35 bits per heavy atom. The molecule has 0 unspecified atom stereocenters. The molecule has 0 atom stereocenters. The molecule has 0 aliphatic rings. The molecule has 0 bridgehead atoms. The molecule has 0 amide bonds. The Bertz CT molecular complexity index is 469. The van der Waals surface area contributed by atoms with Gasteiger partial charge in [0, 0.05) is 0 Å². The second-order valence-electron chi connectivity index (χ2n) is 4.96. The summed E-state index contributed by atoms with van der Waals surface area (Å²) in [6, 6.07) is 20.2. The van der Waals surface area contributed by atoms with Crippen LogP contribution in [0.3, 0.4) is 0 Å². The molecule has 0 spiro atoms. The molecule has 0 heterocycles. The number of halogens is 1. The van der Waals surface area contributed by atoms with Crippen molar-refractivity contribution in [3.05, 3.63) is 60.2 Å². The van der Waals surface area contributed by atoms with E-state index in [0.717, 1.165) is 6.04 Å². The van der Waals surface area contributed by atoms with Crippen LogP contribution in [-0.2, 0) is 6.04 Å². The van der Waals surface area contributed by atoms with Crippen molar-refractivity contribution in [1.82, 2.24) is 0 Å². The zero-order valence-electron chi connectivity index (χ0n) is 10.3. The third-order valence-corrected chi connectivity index (χ3v) is 4.34. The summed E-state index contributed by atoms with van der Waals surface area (Å²) in [5.74, 6) is 0. The van der Waals surface area contributed by atoms with Gasteiger partial charge in [0.2, 0.25) is 0 Å². The van der Waals surface area contributed by atoms with E-state index in [9.17, 15) is 0 Å². The Balaban J connectivity index is 2.19. The molecule has 0 saturated heterocycles. The van der Waals surface area contributed by atoms with Crippen molar-refractivity contribution < 1.29 is 0 Å². The summed E-state index contributed by atoms with van der Waals surface area (Å²) in [5.41, 5.74) is 3.88. The molecule has 0 aliphatic heterocycles. The van der Waals surface area contributed by atoms with Crippen molar-refractivity contribution in [2.45, 2.75) is 19.1 Å². The van der Waals surface area contributed by atoms with Gasteiger partial charge in [-0.15, -0.1) is 0 Å². The number of benzene rings is 2. The first-order valence-electron chi connectivity index (χ1n) is 5.88. The van der Waals surface area contributed by atoms with Crippen molar-refractivity contribution in [2.75, 3.05) is 0 Å². The van der Waals surface area contributed by atoms with E-state index in [4.69, 9.17) is 11.1 Å². The summed E-state index contributed by atoms with van der Waals surface area (Å²) in [4.78, 5) is 0. The lowest BCUT2D eigenvalue weighted by molar-refractivity contribution is 1.34. The molecule has 2 aromatic carbocycles. The van der Waals surface area contributed by atoms with Gasteiger partial charge in [0.05, 0.1) is 0 Å². The fourth-order valence-electron chi connectivity index (χ4n) is 1.93. The average Bonchev–Trinajstić information content (AvgIpc) is 2.29. The minimum atomic E-state index is -1.52. The van der Waals surface area contributed by atoms with Gasteiger partial charge in [-0.2, -0.15) is 11.1 Å². The number of hydrogen-bond donors (Lipinski definition) is 0. The van der Waals surface area contributed by atoms with Crippen LogP contribution in [0.1, 0.15) is 5.56 Å². The average molecular weight is 261 g/mol. The molecule has 2 rings (SSSR count). The lowest BCUT2D eigenvalue weighted by atomic mass is 10.0. The van der Waals surface area contributed by atoms with Crippen LogP contribution < -0.4 is 0 Å². The topological polar surface area (TPSA) is 0 Å².